The quantitative estimate of drug-likeness (QED) is 0.320. The Hall–Kier alpha value is -1.05. The van der Waals surface area contributed by atoms with Crippen molar-refractivity contribution in [1.82, 2.24) is 0 Å². The van der Waals surface area contributed by atoms with Crippen molar-refractivity contribution < 1.29 is 9.53 Å². The Bertz CT molecular complexity index is 264. The van der Waals surface area contributed by atoms with Crippen molar-refractivity contribution >= 4 is 5.78 Å². The van der Waals surface area contributed by atoms with E-state index < -0.39 is 0 Å². The molecule has 0 saturated heterocycles. The van der Waals surface area contributed by atoms with Gasteiger partial charge in [0.1, 0.15) is 11.5 Å². The van der Waals surface area contributed by atoms with Gasteiger partial charge in [-0.3, -0.25) is 4.79 Å². The van der Waals surface area contributed by atoms with Crippen molar-refractivity contribution in [1.29, 1.82) is 0 Å². The number of unbranched alkanes of at least 4 members (excludes halogenated alkanes) is 3. The minimum Gasteiger partial charge on any atom is -0.501 e. The highest BCUT2D eigenvalue weighted by atomic mass is 16.5. The molecule has 0 aliphatic heterocycles. The normalized spacial score (nSPS) is 11.9. The van der Waals surface area contributed by atoms with Gasteiger partial charge in [-0.05, 0) is 25.3 Å². The van der Waals surface area contributed by atoms with Crippen LogP contribution in [-0.2, 0) is 9.53 Å². The first kappa shape index (κ1) is 16.0. The number of ether oxygens (including phenoxy) is 1. The first-order valence-corrected chi connectivity index (χ1v) is 6.50. The third kappa shape index (κ3) is 7.78. The van der Waals surface area contributed by atoms with Gasteiger partial charge in [0.25, 0.3) is 0 Å². The zero-order chi connectivity index (χ0) is 13.1. The number of hydrogen-bond acceptors (Lipinski definition) is 2. The van der Waals surface area contributed by atoms with Gasteiger partial charge in [0.2, 0.25) is 0 Å². The molecule has 0 aliphatic rings. The van der Waals surface area contributed by atoms with Gasteiger partial charge in [-0.2, -0.15) is 0 Å². The van der Waals surface area contributed by atoms with Crippen LogP contribution in [0.25, 0.3) is 0 Å². The highest BCUT2D eigenvalue weighted by molar-refractivity contribution is 5.81. The third-order valence-corrected chi connectivity index (χ3v) is 2.86. The van der Waals surface area contributed by atoms with Gasteiger partial charge in [0.05, 0.1) is 13.5 Å². The van der Waals surface area contributed by atoms with E-state index in [-0.39, 0.29) is 5.78 Å². The van der Waals surface area contributed by atoms with Crippen LogP contribution in [0.2, 0.25) is 0 Å². The first-order chi connectivity index (χ1) is 8.15. The van der Waals surface area contributed by atoms with E-state index in [0.717, 1.165) is 12.2 Å². The summed E-state index contributed by atoms with van der Waals surface area (Å²) in [6.07, 6.45) is 8.48. The number of Topliss-reactive ketones (excluding diaryl/α,β-unsaturated/α-hetero) is 1. The predicted molar refractivity (Wildman–Crippen MR) is 72.9 cm³/mol. The zero-order valence-corrected chi connectivity index (χ0v) is 11.6. The number of rotatable bonds is 10. The first-order valence-electron chi connectivity index (χ1n) is 6.50. The van der Waals surface area contributed by atoms with E-state index in [1.54, 1.807) is 13.2 Å². The molecule has 0 amide bonds. The average Bonchev–Trinajstić information content (AvgIpc) is 2.31. The predicted octanol–water partition coefficient (Wildman–Crippen LogP) is 4.41. The topological polar surface area (TPSA) is 26.3 Å². The van der Waals surface area contributed by atoms with E-state index in [0.29, 0.717) is 12.8 Å². The van der Waals surface area contributed by atoms with Crippen LogP contribution in [0, 0.1) is 0 Å². The van der Waals surface area contributed by atoms with Gasteiger partial charge >= 0.3 is 0 Å². The summed E-state index contributed by atoms with van der Waals surface area (Å²) in [6.45, 7) is 7.84. The average molecular weight is 238 g/mol. The second-order valence-corrected chi connectivity index (χ2v) is 4.43. The molecule has 0 aromatic carbocycles. The van der Waals surface area contributed by atoms with Crippen molar-refractivity contribution in [3.05, 3.63) is 24.0 Å². The minimum absolute atomic E-state index is 0.171. The molecule has 17 heavy (non-hydrogen) atoms. The molecule has 0 atom stereocenters. The third-order valence-electron chi connectivity index (χ3n) is 2.86. The lowest BCUT2D eigenvalue weighted by Gasteiger charge is -2.10. The fraction of sp³-hybridized carbons (Fsp3) is 0.667. The summed E-state index contributed by atoms with van der Waals surface area (Å²) in [5, 5.41) is 0. The fourth-order valence-electron chi connectivity index (χ4n) is 1.77. The van der Waals surface area contributed by atoms with E-state index in [1.807, 2.05) is 0 Å². The minimum atomic E-state index is 0.171. The maximum Gasteiger partial charge on any atom is 0.144 e. The number of methoxy groups -OCH3 is 1. The van der Waals surface area contributed by atoms with Crippen molar-refractivity contribution in [3.63, 3.8) is 0 Å². The molecule has 0 saturated carbocycles. The number of carbonyl (C=O) groups excluding carboxylic acids is 1. The molecule has 2 heteroatoms. The maximum atomic E-state index is 11.5. The second-order valence-electron chi connectivity index (χ2n) is 4.43. The van der Waals surface area contributed by atoms with E-state index in [1.165, 1.54) is 31.3 Å². The Labute approximate surface area is 106 Å². The van der Waals surface area contributed by atoms with Crippen LogP contribution in [0.1, 0.15) is 58.8 Å². The van der Waals surface area contributed by atoms with Gasteiger partial charge in [-0.25, -0.2) is 0 Å². The van der Waals surface area contributed by atoms with Crippen LogP contribution in [0.5, 0.6) is 0 Å². The molecule has 0 aromatic heterocycles. The van der Waals surface area contributed by atoms with Gasteiger partial charge in [0, 0.05) is 6.42 Å². The Morgan fingerprint density at radius 3 is 2.53 bits per heavy atom. The standard InChI is InChI=1S/C15H26O2/c1-5-7-8-9-11-13(3)15(17-4)12-14(16)10-6-2/h6H,2,5,7-12H2,1,3-4H3. The zero-order valence-electron chi connectivity index (χ0n) is 11.6. The van der Waals surface area contributed by atoms with Crippen molar-refractivity contribution in [3.8, 4) is 0 Å². The molecule has 0 aliphatic carbocycles. The lowest BCUT2D eigenvalue weighted by atomic mass is 10.0. The molecule has 98 valence electrons. The molecule has 0 aromatic rings. The Balaban J connectivity index is 4.17. The second kappa shape index (κ2) is 10.1. The van der Waals surface area contributed by atoms with Gasteiger partial charge in [-0.15, -0.1) is 6.58 Å². The Morgan fingerprint density at radius 2 is 2.00 bits per heavy atom. The summed E-state index contributed by atoms with van der Waals surface area (Å²) in [5.74, 6) is 1.01. The monoisotopic (exact) mass is 238 g/mol. The number of carbonyl (C=O) groups is 1. The molecule has 0 unspecified atom stereocenters. The number of allylic oxidation sites excluding steroid dienone is 3. The van der Waals surface area contributed by atoms with Gasteiger partial charge in [0.15, 0.2) is 0 Å². The van der Waals surface area contributed by atoms with Crippen molar-refractivity contribution in [2.24, 2.45) is 0 Å². The van der Waals surface area contributed by atoms with Gasteiger partial charge in [-0.1, -0.05) is 32.3 Å². The molecule has 0 rings (SSSR count). The van der Waals surface area contributed by atoms with Crippen molar-refractivity contribution in [2.75, 3.05) is 7.11 Å². The molecular weight excluding hydrogens is 212 g/mol. The molecular formula is C15H26O2. The van der Waals surface area contributed by atoms with E-state index in [4.69, 9.17) is 4.74 Å². The SMILES string of the molecule is C=CCC(=O)CC(OC)=C(C)CCCCCC. The molecule has 0 N–H and O–H groups in total. The summed E-state index contributed by atoms with van der Waals surface area (Å²) in [5.41, 5.74) is 1.21. The number of ketones is 1. The molecule has 2 nitrogen and oxygen atoms in total. The largest absolute Gasteiger partial charge is 0.501 e. The van der Waals surface area contributed by atoms with Crippen LogP contribution < -0.4 is 0 Å². The Morgan fingerprint density at radius 1 is 1.29 bits per heavy atom. The van der Waals surface area contributed by atoms with Crippen LogP contribution in [0.4, 0.5) is 0 Å². The molecule has 0 heterocycles. The summed E-state index contributed by atoms with van der Waals surface area (Å²) in [7, 11) is 1.64. The van der Waals surface area contributed by atoms with Crippen LogP contribution in [0.15, 0.2) is 24.0 Å². The van der Waals surface area contributed by atoms with Crippen LogP contribution >= 0.6 is 0 Å². The molecule has 0 fully saturated rings. The lowest BCUT2D eigenvalue weighted by molar-refractivity contribution is -0.118. The van der Waals surface area contributed by atoms with Crippen LogP contribution in [-0.4, -0.2) is 12.9 Å². The summed E-state index contributed by atoms with van der Waals surface area (Å²) in [4.78, 5) is 11.5. The highest BCUT2D eigenvalue weighted by Crippen LogP contribution is 2.17. The van der Waals surface area contributed by atoms with E-state index >= 15 is 0 Å². The van der Waals surface area contributed by atoms with Crippen molar-refractivity contribution in [2.45, 2.75) is 58.8 Å². The summed E-state index contributed by atoms with van der Waals surface area (Å²) < 4.78 is 5.31. The maximum absolute atomic E-state index is 11.5. The van der Waals surface area contributed by atoms with Gasteiger partial charge < -0.3 is 4.74 Å². The smallest absolute Gasteiger partial charge is 0.144 e. The molecule has 0 bridgehead atoms. The van der Waals surface area contributed by atoms with E-state index in [9.17, 15) is 4.79 Å². The summed E-state index contributed by atoms with van der Waals surface area (Å²) >= 11 is 0. The fourth-order valence-corrected chi connectivity index (χ4v) is 1.77. The summed E-state index contributed by atoms with van der Waals surface area (Å²) in [6, 6.07) is 0. The Kier molecular flexibility index (Phi) is 9.50. The molecule has 0 radical (unpaired) electrons. The number of hydrogen-bond donors (Lipinski definition) is 0. The van der Waals surface area contributed by atoms with Crippen LogP contribution in [0.3, 0.4) is 0 Å². The van der Waals surface area contributed by atoms with E-state index in [2.05, 4.69) is 20.4 Å². The highest BCUT2D eigenvalue weighted by Gasteiger charge is 2.08. The molecule has 0 spiro atoms. The lowest BCUT2D eigenvalue weighted by Crippen LogP contribution is -2.02.